The predicted molar refractivity (Wildman–Crippen MR) is 70.1 cm³/mol. The van der Waals surface area contributed by atoms with Crippen molar-refractivity contribution in [3.05, 3.63) is 44.8 Å². The minimum atomic E-state index is 0.0425. The fourth-order valence-electron chi connectivity index (χ4n) is 1.55. The van der Waals surface area contributed by atoms with E-state index in [0.717, 1.165) is 0 Å². The standard InChI is InChI=1S/C11H9NS3/c12-11(7-1-3-13-6-7)10-5-9-8(15-10)2-4-14-9/h1-6,11H,12H2. The Kier molecular flexibility index (Phi) is 2.36. The highest BCUT2D eigenvalue weighted by Crippen LogP contribution is 2.35. The van der Waals surface area contributed by atoms with Crippen LogP contribution in [0.15, 0.2) is 34.3 Å². The lowest BCUT2D eigenvalue weighted by molar-refractivity contribution is 0.900. The minimum absolute atomic E-state index is 0.0425. The van der Waals surface area contributed by atoms with Crippen molar-refractivity contribution in [3.8, 4) is 0 Å². The van der Waals surface area contributed by atoms with Crippen LogP contribution in [-0.2, 0) is 0 Å². The molecule has 0 bridgehead atoms. The number of fused-ring (bicyclic) bond motifs is 1. The van der Waals surface area contributed by atoms with Crippen molar-refractivity contribution < 1.29 is 0 Å². The highest BCUT2D eigenvalue weighted by atomic mass is 32.1. The summed E-state index contributed by atoms with van der Waals surface area (Å²) in [5, 5.41) is 6.32. The molecule has 0 saturated heterocycles. The molecule has 1 nitrogen and oxygen atoms in total. The quantitative estimate of drug-likeness (QED) is 0.730. The van der Waals surface area contributed by atoms with Gasteiger partial charge in [-0.3, -0.25) is 0 Å². The monoisotopic (exact) mass is 251 g/mol. The second-order valence-electron chi connectivity index (χ2n) is 3.33. The smallest absolute Gasteiger partial charge is 0.0654 e. The molecule has 2 N–H and O–H groups in total. The Balaban J connectivity index is 2.03. The molecule has 15 heavy (non-hydrogen) atoms. The van der Waals surface area contributed by atoms with Crippen LogP contribution in [0.4, 0.5) is 0 Å². The van der Waals surface area contributed by atoms with E-state index in [1.165, 1.54) is 19.8 Å². The first-order valence-corrected chi connectivity index (χ1v) is 7.23. The van der Waals surface area contributed by atoms with Crippen molar-refractivity contribution >= 4 is 43.4 Å². The summed E-state index contributed by atoms with van der Waals surface area (Å²) >= 11 is 5.28. The SMILES string of the molecule is NC(c1ccsc1)c1cc2sccc2s1. The number of hydrogen-bond acceptors (Lipinski definition) is 4. The minimum Gasteiger partial charge on any atom is -0.320 e. The molecular formula is C11H9NS3. The van der Waals surface area contributed by atoms with Crippen LogP contribution in [0.3, 0.4) is 0 Å². The molecule has 0 aliphatic rings. The van der Waals surface area contributed by atoms with Gasteiger partial charge in [-0.25, -0.2) is 0 Å². The second kappa shape index (κ2) is 3.72. The summed E-state index contributed by atoms with van der Waals surface area (Å²) in [7, 11) is 0. The molecule has 1 unspecified atom stereocenters. The lowest BCUT2D eigenvalue weighted by Crippen LogP contribution is -2.08. The topological polar surface area (TPSA) is 26.0 Å². The van der Waals surface area contributed by atoms with Gasteiger partial charge in [0.05, 0.1) is 6.04 Å². The lowest BCUT2D eigenvalue weighted by Gasteiger charge is -2.05. The van der Waals surface area contributed by atoms with E-state index in [9.17, 15) is 0 Å². The van der Waals surface area contributed by atoms with Crippen LogP contribution in [0.25, 0.3) is 9.40 Å². The van der Waals surface area contributed by atoms with Crippen LogP contribution < -0.4 is 5.73 Å². The fourth-order valence-corrected chi connectivity index (χ4v) is 4.40. The normalized spacial score (nSPS) is 13.4. The van der Waals surface area contributed by atoms with Crippen molar-refractivity contribution in [3.63, 3.8) is 0 Å². The Bertz CT molecular complexity index is 533. The van der Waals surface area contributed by atoms with Gasteiger partial charge in [-0.05, 0) is 39.9 Å². The molecule has 3 rings (SSSR count). The maximum absolute atomic E-state index is 6.21. The van der Waals surface area contributed by atoms with Crippen LogP contribution in [0.5, 0.6) is 0 Å². The molecular weight excluding hydrogens is 242 g/mol. The number of rotatable bonds is 2. The first-order chi connectivity index (χ1) is 7.34. The van der Waals surface area contributed by atoms with Crippen molar-refractivity contribution in [2.24, 2.45) is 5.73 Å². The number of hydrogen-bond donors (Lipinski definition) is 1. The Hall–Kier alpha value is -0.680. The molecule has 76 valence electrons. The van der Waals surface area contributed by atoms with Crippen LogP contribution in [-0.4, -0.2) is 0 Å². The van der Waals surface area contributed by atoms with E-state index >= 15 is 0 Å². The van der Waals surface area contributed by atoms with Crippen molar-refractivity contribution in [1.82, 2.24) is 0 Å². The number of nitrogens with two attached hydrogens (primary N) is 1. The van der Waals surface area contributed by atoms with Gasteiger partial charge in [-0.1, -0.05) is 0 Å². The molecule has 0 aliphatic heterocycles. The van der Waals surface area contributed by atoms with Crippen molar-refractivity contribution in [2.75, 3.05) is 0 Å². The summed E-state index contributed by atoms with van der Waals surface area (Å²) in [5.41, 5.74) is 7.42. The van der Waals surface area contributed by atoms with E-state index in [1.54, 1.807) is 34.0 Å². The molecule has 0 amide bonds. The predicted octanol–water partition coefficient (Wildman–Crippen LogP) is 4.07. The van der Waals surface area contributed by atoms with Crippen molar-refractivity contribution in [1.29, 1.82) is 0 Å². The summed E-state index contributed by atoms with van der Waals surface area (Å²) in [6, 6.07) is 6.52. The molecule has 3 aromatic heterocycles. The first kappa shape index (κ1) is 9.54. The van der Waals surface area contributed by atoms with Gasteiger partial charge in [-0.2, -0.15) is 11.3 Å². The Morgan fingerprint density at radius 3 is 2.80 bits per heavy atom. The molecule has 0 saturated carbocycles. The van der Waals surface area contributed by atoms with Crippen LogP contribution in [0.2, 0.25) is 0 Å². The van der Waals surface area contributed by atoms with E-state index < -0.39 is 0 Å². The van der Waals surface area contributed by atoms with Gasteiger partial charge in [0.25, 0.3) is 0 Å². The van der Waals surface area contributed by atoms with Gasteiger partial charge in [0.15, 0.2) is 0 Å². The van der Waals surface area contributed by atoms with E-state index in [1.807, 2.05) is 0 Å². The summed E-state index contributed by atoms with van der Waals surface area (Å²) in [6.07, 6.45) is 0. The van der Waals surface area contributed by atoms with Crippen molar-refractivity contribution in [2.45, 2.75) is 6.04 Å². The molecule has 3 aromatic rings. The van der Waals surface area contributed by atoms with Gasteiger partial charge in [0.1, 0.15) is 0 Å². The summed E-state index contributed by atoms with van der Waals surface area (Å²) in [5.74, 6) is 0. The van der Waals surface area contributed by atoms with Gasteiger partial charge >= 0.3 is 0 Å². The Morgan fingerprint density at radius 2 is 2.07 bits per heavy atom. The molecule has 0 aromatic carbocycles. The molecule has 1 atom stereocenters. The zero-order valence-corrected chi connectivity index (χ0v) is 10.3. The second-order valence-corrected chi connectivity index (χ2v) is 6.18. The van der Waals surface area contributed by atoms with E-state index in [-0.39, 0.29) is 6.04 Å². The third kappa shape index (κ3) is 1.63. The zero-order chi connectivity index (χ0) is 10.3. The van der Waals surface area contributed by atoms with Gasteiger partial charge in [0, 0.05) is 14.3 Å². The van der Waals surface area contributed by atoms with Gasteiger partial charge in [0.2, 0.25) is 0 Å². The zero-order valence-electron chi connectivity index (χ0n) is 7.84. The number of thiophene rings is 3. The third-order valence-electron chi connectivity index (χ3n) is 2.37. The van der Waals surface area contributed by atoms with Crippen LogP contribution in [0.1, 0.15) is 16.5 Å². The molecule has 0 aliphatic carbocycles. The summed E-state index contributed by atoms with van der Waals surface area (Å²) in [4.78, 5) is 1.26. The van der Waals surface area contributed by atoms with Gasteiger partial charge in [-0.15, -0.1) is 22.7 Å². The Morgan fingerprint density at radius 1 is 1.13 bits per heavy atom. The molecule has 4 heteroatoms. The molecule has 0 radical (unpaired) electrons. The first-order valence-electron chi connectivity index (χ1n) is 4.59. The molecule has 3 heterocycles. The van der Waals surface area contributed by atoms with E-state index in [0.29, 0.717) is 0 Å². The van der Waals surface area contributed by atoms with E-state index in [2.05, 4.69) is 34.3 Å². The molecule has 0 spiro atoms. The van der Waals surface area contributed by atoms with Crippen LogP contribution in [0, 0.1) is 0 Å². The largest absolute Gasteiger partial charge is 0.320 e. The average Bonchev–Trinajstić information content (AvgIpc) is 2.92. The third-order valence-corrected chi connectivity index (χ3v) is 5.25. The maximum atomic E-state index is 6.21. The molecule has 0 fully saturated rings. The maximum Gasteiger partial charge on any atom is 0.0654 e. The Labute approximate surface area is 99.8 Å². The highest BCUT2D eigenvalue weighted by Gasteiger charge is 2.12. The van der Waals surface area contributed by atoms with E-state index in [4.69, 9.17) is 5.73 Å². The highest BCUT2D eigenvalue weighted by molar-refractivity contribution is 7.27. The van der Waals surface area contributed by atoms with Gasteiger partial charge < -0.3 is 5.73 Å². The fraction of sp³-hybridized carbons (Fsp3) is 0.0909. The lowest BCUT2D eigenvalue weighted by atomic mass is 10.1. The summed E-state index contributed by atoms with van der Waals surface area (Å²) in [6.45, 7) is 0. The average molecular weight is 251 g/mol. The van der Waals surface area contributed by atoms with Crippen LogP contribution >= 0.6 is 34.0 Å². The summed E-state index contributed by atoms with van der Waals surface area (Å²) < 4.78 is 2.70.